The molecule has 0 aliphatic rings. The largest absolute Gasteiger partial charge is 0.357 e. The lowest BCUT2D eigenvalue weighted by molar-refractivity contribution is 0.434. The second kappa shape index (κ2) is 1.64. The lowest BCUT2D eigenvalue weighted by Crippen LogP contribution is -1.81. The Bertz CT molecular complexity index is 124. The molecule has 1 N–H and O–H groups in total. The summed E-state index contributed by atoms with van der Waals surface area (Å²) >= 11 is 0. The van der Waals surface area contributed by atoms with E-state index in [2.05, 4.69) is 15.0 Å². The molecule has 0 amide bonds. The second-order valence-electron chi connectivity index (χ2n) is 1.13. The molecule has 7 heavy (non-hydrogen) atoms. The first-order valence-electron chi connectivity index (χ1n) is 2.02. The van der Waals surface area contributed by atoms with E-state index >= 15 is 0 Å². The average Bonchev–Trinajstić information content (AvgIpc) is 2.14. The minimum Gasteiger partial charge on any atom is -0.357 e. The molecule has 0 saturated heterocycles. The third-order valence-electron chi connectivity index (χ3n) is 0.684. The van der Waals surface area contributed by atoms with Crippen LogP contribution in [0.15, 0.2) is 16.8 Å². The van der Waals surface area contributed by atoms with Gasteiger partial charge in [0.1, 0.15) is 0 Å². The lowest BCUT2D eigenvalue weighted by atomic mass is 10.7. The van der Waals surface area contributed by atoms with Crippen molar-refractivity contribution in [1.29, 1.82) is 0 Å². The van der Waals surface area contributed by atoms with Crippen LogP contribution in [0.5, 0.6) is 0 Å². The van der Waals surface area contributed by atoms with Gasteiger partial charge in [0.25, 0.3) is 0 Å². The zero-order valence-corrected chi connectivity index (χ0v) is 4.01. The summed E-state index contributed by atoms with van der Waals surface area (Å²) in [7, 11) is 1.78. The summed E-state index contributed by atoms with van der Waals surface area (Å²) in [6.45, 7) is 0. The normalized spacial score (nSPS) is 8.71. The van der Waals surface area contributed by atoms with Gasteiger partial charge in [0, 0.05) is 13.1 Å². The first-order valence-corrected chi connectivity index (χ1v) is 2.02. The van der Waals surface area contributed by atoms with Gasteiger partial charge < -0.3 is 9.84 Å². The summed E-state index contributed by atoms with van der Waals surface area (Å²) in [5, 5.41) is 6.23. The maximum atomic E-state index is 4.62. The van der Waals surface area contributed by atoms with Crippen LogP contribution in [-0.2, 0) is 0 Å². The number of rotatable bonds is 1. The number of aromatic nitrogens is 1. The van der Waals surface area contributed by atoms with Crippen molar-refractivity contribution in [2.45, 2.75) is 0 Å². The van der Waals surface area contributed by atoms with E-state index in [1.165, 1.54) is 0 Å². The summed E-state index contributed by atoms with van der Waals surface area (Å²) in [5.74, 6) is 0.694. The maximum Gasteiger partial charge on any atom is 0.224 e. The van der Waals surface area contributed by atoms with Crippen LogP contribution in [0.25, 0.3) is 0 Å². The van der Waals surface area contributed by atoms with Crippen LogP contribution < -0.4 is 5.32 Å². The highest BCUT2D eigenvalue weighted by molar-refractivity contribution is 5.25. The molecule has 0 radical (unpaired) electrons. The predicted molar refractivity (Wildman–Crippen MR) is 26.0 cm³/mol. The number of hydrogen-bond donors (Lipinski definition) is 1. The molecule has 0 aromatic carbocycles. The Morgan fingerprint density at radius 2 is 2.71 bits per heavy atom. The van der Waals surface area contributed by atoms with Crippen LogP contribution in [-0.4, -0.2) is 12.2 Å². The zero-order valence-electron chi connectivity index (χ0n) is 4.01. The highest BCUT2D eigenvalue weighted by Gasteiger charge is 1.84. The van der Waals surface area contributed by atoms with E-state index in [1.807, 2.05) is 0 Å². The van der Waals surface area contributed by atoms with Gasteiger partial charge in [-0.3, -0.25) is 0 Å². The summed E-state index contributed by atoms with van der Waals surface area (Å²) in [6.07, 6.45) is 1.59. The molecule has 0 aliphatic carbocycles. The molecule has 0 spiro atoms. The highest BCUT2D eigenvalue weighted by Crippen LogP contribution is 1.99. The van der Waals surface area contributed by atoms with E-state index in [-0.39, 0.29) is 0 Å². The first kappa shape index (κ1) is 4.18. The Morgan fingerprint density at radius 1 is 1.86 bits per heavy atom. The Labute approximate surface area is 41.3 Å². The van der Waals surface area contributed by atoms with Crippen molar-refractivity contribution >= 4 is 5.88 Å². The van der Waals surface area contributed by atoms with Crippen molar-refractivity contribution in [1.82, 2.24) is 5.16 Å². The van der Waals surface area contributed by atoms with Gasteiger partial charge in [0.05, 0.1) is 6.20 Å². The molecule has 0 fully saturated rings. The fraction of sp³-hybridized carbons (Fsp3) is 0.250. The van der Waals surface area contributed by atoms with Crippen molar-refractivity contribution in [3.63, 3.8) is 0 Å². The monoisotopic (exact) mass is 98.0 g/mol. The fourth-order valence-corrected chi connectivity index (χ4v) is 0.345. The molecule has 3 heteroatoms. The molecule has 1 aromatic heterocycles. The molecule has 0 aliphatic heterocycles. The van der Waals surface area contributed by atoms with Crippen molar-refractivity contribution in [2.24, 2.45) is 0 Å². The van der Waals surface area contributed by atoms with Gasteiger partial charge >= 0.3 is 0 Å². The van der Waals surface area contributed by atoms with E-state index < -0.39 is 0 Å². The lowest BCUT2D eigenvalue weighted by Gasteiger charge is -1.83. The van der Waals surface area contributed by atoms with Crippen LogP contribution in [0.3, 0.4) is 0 Å². The van der Waals surface area contributed by atoms with E-state index in [1.54, 1.807) is 19.3 Å². The van der Waals surface area contributed by atoms with Crippen LogP contribution in [0.2, 0.25) is 0 Å². The number of nitrogens with one attached hydrogen (secondary N) is 1. The molecule has 1 rings (SSSR count). The number of anilines is 1. The van der Waals surface area contributed by atoms with Gasteiger partial charge in [-0.25, -0.2) is 0 Å². The highest BCUT2D eigenvalue weighted by atomic mass is 16.5. The number of hydrogen-bond acceptors (Lipinski definition) is 3. The molecule has 0 bridgehead atoms. The molecule has 1 aromatic rings. The minimum absolute atomic E-state index is 0.694. The molecule has 1 heterocycles. The smallest absolute Gasteiger partial charge is 0.224 e. The van der Waals surface area contributed by atoms with Crippen molar-refractivity contribution < 1.29 is 4.52 Å². The quantitative estimate of drug-likeness (QED) is 0.562. The maximum absolute atomic E-state index is 4.62. The van der Waals surface area contributed by atoms with Gasteiger partial charge in [-0.2, -0.15) is 0 Å². The molecule has 38 valence electrons. The predicted octanol–water partition coefficient (Wildman–Crippen LogP) is 0.716. The molecule has 0 unspecified atom stereocenters. The van der Waals surface area contributed by atoms with Gasteiger partial charge in [-0.15, -0.1) is 0 Å². The molecule has 3 nitrogen and oxygen atoms in total. The summed E-state index contributed by atoms with van der Waals surface area (Å²) < 4.78 is 4.62. The third kappa shape index (κ3) is 0.707. The Morgan fingerprint density at radius 3 is 3.00 bits per heavy atom. The molecule has 0 saturated carbocycles. The van der Waals surface area contributed by atoms with Gasteiger partial charge in [0.15, 0.2) is 0 Å². The van der Waals surface area contributed by atoms with E-state index in [4.69, 9.17) is 0 Å². The van der Waals surface area contributed by atoms with Gasteiger partial charge in [0.2, 0.25) is 5.88 Å². The topological polar surface area (TPSA) is 38.1 Å². The van der Waals surface area contributed by atoms with E-state index in [9.17, 15) is 0 Å². The Hall–Kier alpha value is -0.990. The van der Waals surface area contributed by atoms with Crippen molar-refractivity contribution in [3.05, 3.63) is 12.3 Å². The third-order valence-corrected chi connectivity index (χ3v) is 0.684. The second-order valence-corrected chi connectivity index (χ2v) is 1.13. The Balaban J connectivity index is 2.76. The molecular formula is C4H6N2O. The van der Waals surface area contributed by atoms with Crippen molar-refractivity contribution in [2.75, 3.05) is 12.4 Å². The summed E-state index contributed by atoms with van der Waals surface area (Å²) in [6, 6.07) is 1.75. The average molecular weight is 98.1 g/mol. The van der Waals surface area contributed by atoms with Crippen LogP contribution >= 0.6 is 0 Å². The summed E-state index contributed by atoms with van der Waals surface area (Å²) in [5.41, 5.74) is 0. The standard InChI is InChI=1S/C4H6N2O/c1-5-4-2-3-6-7-4/h2-3,5H,1H3. The molecular weight excluding hydrogens is 92.1 g/mol. The van der Waals surface area contributed by atoms with Crippen LogP contribution in [0.4, 0.5) is 5.88 Å². The van der Waals surface area contributed by atoms with Crippen molar-refractivity contribution in [3.8, 4) is 0 Å². The first-order chi connectivity index (χ1) is 3.43. The van der Waals surface area contributed by atoms with Gasteiger partial charge in [-0.1, -0.05) is 5.16 Å². The van der Waals surface area contributed by atoms with Gasteiger partial charge in [-0.05, 0) is 0 Å². The van der Waals surface area contributed by atoms with Crippen LogP contribution in [0.1, 0.15) is 0 Å². The van der Waals surface area contributed by atoms with E-state index in [0.29, 0.717) is 5.88 Å². The fourth-order valence-electron chi connectivity index (χ4n) is 0.345. The zero-order chi connectivity index (χ0) is 5.11. The molecule has 0 atom stereocenters. The van der Waals surface area contributed by atoms with E-state index in [0.717, 1.165) is 0 Å². The number of nitrogens with zero attached hydrogens (tertiary/aromatic N) is 1. The SMILES string of the molecule is CNc1ccno1. The Kier molecular flexibility index (Phi) is 0.978. The van der Waals surface area contributed by atoms with Crippen LogP contribution in [0, 0.1) is 0 Å². The minimum atomic E-state index is 0.694. The summed E-state index contributed by atoms with van der Waals surface area (Å²) in [4.78, 5) is 0.